The van der Waals surface area contributed by atoms with Gasteiger partial charge in [-0.2, -0.15) is 5.10 Å². The summed E-state index contributed by atoms with van der Waals surface area (Å²) in [5, 5.41) is 4.57. The SMILES string of the molecule is Cc1nn(C)c(N(CC(C)C)C2CCCC2)c1CCl. The molecule has 0 radical (unpaired) electrons. The van der Waals surface area contributed by atoms with Gasteiger partial charge in [0, 0.05) is 25.2 Å². The summed E-state index contributed by atoms with van der Waals surface area (Å²) in [5.74, 6) is 2.45. The molecule has 2 rings (SSSR count). The van der Waals surface area contributed by atoms with Gasteiger partial charge in [0.2, 0.25) is 0 Å². The van der Waals surface area contributed by atoms with Crippen molar-refractivity contribution >= 4 is 17.4 Å². The second-order valence-corrected chi connectivity index (χ2v) is 6.40. The van der Waals surface area contributed by atoms with E-state index in [1.165, 1.54) is 37.1 Å². The van der Waals surface area contributed by atoms with Crippen LogP contribution in [-0.2, 0) is 12.9 Å². The first kappa shape index (κ1) is 14.7. The fourth-order valence-corrected chi connectivity index (χ4v) is 3.54. The molecule has 0 saturated heterocycles. The number of halogens is 1. The first-order valence-corrected chi connectivity index (χ1v) is 7.93. The lowest BCUT2D eigenvalue weighted by atomic mass is 10.1. The quantitative estimate of drug-likeness (QED) is 0.765. The van der Waals surface area contributed by atoms with Gasteiger partial charge in [-0.3, -0.25) is 4.68 Å². The Labute approximate surface area is 121 Å². The molecule has 0 N–H and O–H groups in total. The van der Waals surface area contributed by atoms with Crippen molar-refractivity contribution in [2.24, 2.45) is 13.0 Å². The van der Waals surface area contributed by atoms with Crippen molar-refractivity contribution < 1.29 is 0 Å². The summed E-state index contributed by atoms with van der Waals surface area (Å²) in [6.07, 6.45) is 5.32. The Morgan fingerprint density at radius 2 is 2.00 bits per heavy atom. The van der Waals surface area contributed by atoms with Crippen LogP contribution in [0.15, 0.2) is 0 Å². The number of aryl methyl sites for hydroxylation is 2. The molecule has 0 amide bonds. The second-order valence-electron chi connectivity index (χ2n) is 6.13. The van der Waals surface area contributed by atoms with Gasteiger partial charge >= 0.3 is 0 Å². The topological polar surface area (TPSA) is 21.1 Å². The fourth-order valence-electron chi connectivity index (χ4n) is 3.22. The first-order valence-electron chi connectivity index (χ1n) is 7.39. The van der Waals surface area contributed by atoms with Gasteiger partial charge in [0.25, 0.3) is 0 Å². The third-order valence-electron chi connectivity index (χ3n) is 4.05. The lowest BCUT2D eigenvalue weighted by molar-refractivity contribution is 0.519. The minimum Gasteiger partial charge on any atom is -0.353 e. The van der Waals surface area contributed by atoms with Crippen LogP contribution in [0.4, 0.5) is 5.82 Å². The lowest BCUT2D eigenvalue weighted by Gasteiger charge is -2.33. The molecule has 4 heteroatoms. The summed E-state index contributed by atoms with van der Waals surface area (Å²) in [7, 11) is 2.04. The molecule has 1 aromatic heterocycles. The van der Waals surface area contributed by atoms with E-state index in [0.717, 1.165) is 12.2 Å². The van der Waals surface area contributed by atoms with Crippen LogP contribution in [0, 0.1) is 12.8 Å². The van der Waals surface area contributed by atoms with Gasteiger partial charge in [-0.05, 0) is 25.7 Å². The van der Waals surface area contributed by atoms with Gasteiger partial charge in [0.15, 0.2) is 0 Å². The third kappa shape index (κ3) is 3.07. The zero-order valence-electron chi connectivity index (χ0n) is 12.6. The third-order valence-corrected chi connectivity index (χ3v) is 4.31. The highest BCUT2D eigenvalue weighted by atomic mass is 35.5. The van der Waals surface area contributed by atoms with Crippen LogP contribution in [-0.4, -0.2) is 22.4 Å². The molecule has 19 heavy (non-hydrogen) atoms. The molecule has 1 aliphatic rings. The molecule has 1 saturated carbocycles. The van der Waals surface area contributed by atoms with Crippen LogP contribution in [0.5, 0.6) is 0 Å². The molecular formula is C15H26ClN3. The number of nitrogens with zero attached hydrogens (tertiary/aromatic N) is 3. The van der Waals surface area contributed by atoms with Gasteiger partial charge in [0.05, 0.1) is 11.6 Å². The molecule has 1 aliphatic carbocycles. The Kier molecular flexibility index (Phi) is 4.77. The maximum atomic E-state index is 6.16. The molecule has 0 spiro atoms. The van der Waals surface area contributed by atoms with Crippen molar-refractivity contribution in [2.75, 3.05) is 11.4 Å². The summed E-state index contributed by atoms with van der Waals surface area (Å²) in [5.41, 5.74) is 2.27. The van der Waals surface area contributed by atoms with E-state index in [-0.39, 0.29) is 0 Å². The predicted molar refractivity (Wildman–Crippen MR) is 81.9 cm³/mol. The summed E-state index contributed by atoms with van der Waals surface area (Å²) in [4.78, 5) is 2.56. The van der Waals surface area contributed by atoms with Gasteiger partial charge in [-0.15, -0.1) is 11.6 Å². The predicted octanol–water partition coefficient (Wildman–Crippen LogP) is 3.87. The van der Waals surface area contributed by atoms with Gasteiger partial charge in [-0.1, -0.05) is 26.7 Å². The van der Waals surface area contributed by atoms with Crippen molar-refractivity contribution in [1.29, 1.82) is 0 Å². The smallest absolute Gasteiger partial charge is 0.131 e. The molecule has 108 valence electrons. The minimum absolute atomic E-state index is 0.552. The van der Waals surface area contributed by atoms with Crippen molar-refractivity contribution in [3.63, 3.8) is 0 Å². The molecule has 1 aromatic rings. The molecule has 0 atom stereocenters. The zero-order valence-corrected chi connectivity index (χ0v) is 13.4. The maximum Gasteiger partial charge on any atom is 0.131 e. The molecular weight excluding hydrogens is 258 g/mol. The van der Waals surface area contributed by atoms with Crippen LogP contribution in [0.3, 0.4) is 0 Å². The average molecular weight is 284 g/mol. The summed E-state index contributed by atoms with van der Waals surface area (Å²) in [6.45, 7) is 7.72. The Bertz CT molecular complexity index is 419. The van der Waals surface area contributed by atoms with Crippen LogP contribution in [0.1, 0.15) is 50.8 Å². The van der Waals surface area contributed by atoms with Crippen LogP contribution in [0.2, 0.25) is 0 Å². The van der Waals surface area contributed by atoms with E-state index in [0.29, 0.717) is 17.8 Å². The van der Waals surface area contributed by atoms with Gasteiger partial charge in [-0.25, -0.2) is 0 Å². The van der Waals surface area contributed by atoms with Gasteiger partial charge in [0.1, 0.15) is 5.82 Å². The maximum absolute atomic E-state index is 6.16. The van der Waals surface area contributed by atoms with E-state index in [9.17, 15) is 0 Å². The number of anilines is 1. The van der Waals surface area contributed by atoms with E-state index in [1.54, 1.807) is 0 Å². The van der Waals surface area contributed by atoms with Crippen LogP contribution >= 0.6 is 11.6 Å². The highest BCUT2D eigenvalue weighted by Crippen LogP contribution is 2.32. The van der Waals surface area contributed by atoms with E-state index in [4.69, 9.17) is 11.6 Å². The minimum atomic E-state index is 0.552. The van der Waals surface area contributed by atoms with Crippen LogP contribution < -0.4 is 4.90 Å². The number of hydrogen-bond donors (Lipinski definition) is 0. The molecule has 3 nitrogen and oxygen atoms in total. The molecule has 0 aliphatic heterocycles. The standard InChI is InChI=1S/C15H26ClN3/c1-11(2)10-19(13-7-5-6-8-13)15-14(9-16)12(3)17-18(15)4/h11,13H,5-10H2,1-4H3. The van der Waals surface area contributed by atoms with Crippen molar-refractivity contribution in [3.8, 4) is 0 Å². The van der Waals surface area contributed by atoms with E-state index in [1.807, 2.05) is 11.7 Å². The van der Waals surface area contributed by atoms with Crippen molar-refractivity contribution in [2.45, 2.75) is 58.4 Å². The number of alkyl halides is 1. The first-order chi connectivity index (χ1) is 9.04. The molecule has 0 bridgehead atoms. The average Bonchev–Trinajstić information content (AvgIpc) is 2.94. The highest BCUT2D eigenvalue weighted by molar-refractivity contribution is 6.17. The Morgan fingerprint density at radius 3 is 2.53 bits per heavy atom. The fraction of sp³-hybridized carbons (Fsp3) is 0.800. The lowest BCUT2D eigenvalue weighted by Crippen LogP contribution is -2.38. The molecule has 0 unspecified atom stereocenters. The summed E-state index contributed by atoms with van der Waals surface area (Å²) < 4.78 is 2.02. The number of aromatic nitrogens is 2. The Morgan fingerprint density at radius 1 is 1.37 bits per heavy atom. The van der Waals surface area contributed by atoms with Gasteiger partial charge < -0.3 is 4.90 Å². The molecule has 1 fully saturated rings. The molecule has 0 aromatic carbocycles. The normalized spacial score (nSPS) is 16.5. The Balaban J connectivity index is 2.36. The van der Waals surface area contributed by atoms with E-state index in [2.05, 4.69) is 30.8 Å². The largest absolute Gasteiger partial charge is 0.353 e. The van der Waals surface area contributed by atoms with Crippen LogP contribution in [0.25, 0.3) is 0 Å². The van der Waals surface area contributed by atoms with Crippen molar-refractivity contribution in [3.05, 3.63) is 11.3 Å². The summed E-state index contributed by atoms with van der Waals surface area (Å²) in [6, 6.07) is 0.666. The van der Waals surface area contributed by atoms with Crippen molar-refractivity contribution in [1.82, 2.24) is 9.78 Å². The summed E-state index contributed by atoms with van der Waals surface area (Å²) >= 11 is 6.16. The van der Waals surface area contributed by atoms with E-state index < -0.39 is 0 Å². The number of rotatable bonds is 5. The monoisotopic (exact) mass is 283 g/mol. The number of hydrogen-bond acceptors (Lipinski definition) is 2. The zero-order chi connectivity index (χ0) is 14.0. The van der Waals surface area contributed by atoms with E-state index >= 15 is 0 Å². The highest BCUT2D eigenvalue weighted by Gasteiger charge is 2.28. The Hall–Kier alpha value is -0.700. The molecule has 1 heterocycles. The second kappa shape index (κ2) is 6.17.